The van der Waals surface area contributed by atoms with Crippen LogP contribution in [0.5, 0.6) is 0 Å². The van der Waals surface area contributed by atoms with Crippen molar-refractivity contribution >= 4 is 51.7 Å². The van der Waals surface area contributed by atoms with E-state index < -0.39 is 0 Å². The van der Waals surface area contributed by atoms with E-state index in [-0.39, 0.29) is 11.9 Å². The molecule has 2 aliphatic heterocycles. The van der Waals surface area contributed by atoms with Crippen LogP contribution < -0.4 is 5.32 Å². The van der Waals surface area contributed by atoms with Gasteiger partial charge in [-0.25, -0.2) is 4.99 Å². The number of rotatable bonds is 1. The molecule has 0 saturated carbocycles. The van der Waals surface area contributed by atoms with Gasteiger partial charge in [-0.3, -0.25) is 10.1 Å². The van der Waals surface area contributed by atoms with Gasteiger partial charge in [0.25, 0.3) is 0 Å². The maximum atomic E-state index is 11.8. The van der Waals surface area contributed by atoms with Crippen molar-refractivity contribution in [3.05, 3.63) is 26.3 Å². The second-order valence-electron chi connectivity index (χ2n) is 4.34. The average Bonchev–Trinajstić information content (AvgIpc) is 2.66. The minimum Gasteiger partial charge on any atom is -0.326 e. The molecule has 1 amide bonds. The molecule has 0 spiro atoms. The predicted octanol–water partition coefficient (Wildman–Crippen LogP) is 2.66. The number of guanidine groups is 1. The lowest BCUT2D eigenvalue weighted by molar-refractivity contribution is -0.121. The maximum absolute atomic E-state index is 11.8. The van der Waals surface area contributed by atoms with Gasteiger partial charge in [0.05, 0.1) is 17.3 Å². The number of carbonyl (C=O) groups excluding carboxylic acids is 1. The zero-order valence-corrected chi connectivity index (χ0v) is 12.6. The third-order valence-electron chi connectivity index (χ3n) is 3.30. The van der Waals surface area contributed by atoms with Gasteiger partial charge in [0.15, 0.2) is 0 Å². The number of halogens is 2. The van der Waals surface area contributed by atoms with Crippen LogP contribution in [-0.2, 0) is 11.3 Å². The number of fused-ring (bicyclic) bond motifs is 2. The molecule has 0 bridgehead atoms. The van der Waals surface area contributed by atoms with Gasteiger partial charge in [0.2, 0.25) is 11.9 Å². The summed E-state index contributed by atoms with van der Waals surface area (Å²) < 4.78 is 1.01. The van der Waals surface area contributed by atoms with Crippen LogP contribution in [0, 0.1) is 3.57 Å². The minimum absolute atomic E-state index is 0.0230. The fraction of sp³-hybridized carbons (Fsp3) is 0.333. The third kappa shape index (κ3) is 1.72. The summed E-state index contributed by atoms with van der Waals surface area (Å²) in [5.41, 5.74) is 1.85. The van der Waals surface area contributed by atoms with E-state index in [9.17, 15) is 4.79 Å². The molecule has 1 fully saturated rings. The van der Waals surface area contributed by atoms with Gasteiger partial charge in [0, 0.05) is 9.13 Å². The lowest BCUT2D eigenvalue weighted by Crippen LogP contribution is -2.36. The molecule has 4 nitrogen and oxygen atoms in total. The number of carbonyl (C=O) groups is 1. The van der Waals surface area contributed by atoms with E-state index in [1.807, 2.05) is 24.0 Å². The van der Waals surface area contributed by atoms with E-state index in [4.69, 9.17) is 11.6 Å². The van der Waals surface area contributed by atoms with Crippen molar-refractivity contribution in [2.45, 2.75) is 25.9 Å². The third-order valence-corrected chi connectivity index (χ3v) is 4.95. The van der Waals surface area contributed by atoms with Gasteiger partial charge < -0.3 is 4.90 Å². The number of nitrogens with one attached hydrogen (secondary N) is 1. The van der Waals surface area contributed by atoms with Crippen LogP contribution >= 0.6 is 34.2 Å². The van der Waals surface area contributed by atoms with Crippen LogP contribution in [0.4, 0.5) is 5.69 Å². The number of amides is 1. The lowest BCUT2D eigenvalue weighted by Gasteiger charge is -2.28. The number of nitrogens with zero attached hydrogens (tertiary/aromatic N) is 2. The molecule has 1 saturated heterocycles. The molecule has 1 unspecified atom stereocenters. The standard InChI is InChI=1S/C12H11ClIN3O/c1-2-9-11(18)16-12-15-8-4-3-7(14)10(13)6(8)5-17(9)12/h3-4,9H,2,5H2,1H3,(H,15,16,18). The summed E-state index contributed by atoms with van der Waals surface area (Å²) in [6.45, 7) is 2.64. The first kappa shape index (κ1) is 12.2. The van der Waals surface area contributed by atoms with Gasteiger partial charge in [-0.2, -0.15) is 0 Å². The molecule has 6 heteroatoms. The van der Waals surface area contributed by atoms with Crippen molar-refractivity contribution < 1.29 is 4.79 Å². The van der Waals surface area contributed by atoms with Gasteiger partial charge in [-0.1, -0.05) is 18.5 Å². The summed E-state index contributed by atoms with van der Waals surface area (Å²) in [6, 6.07) is 3.75. The highest BCUT2D eigenvalue weighted by Gasteiger charge is 2.38. The number of benzene rings is 1. The molecular formula is C12H11ClIN3O. The molecule has 0 aliphatic carbocycles. The highest BCUT2D eigenvalue weighted by Crippen LogP contribution is 2.36. The Hall–Kier alpha value is -0.820. The smallest absolute Gasteiger partial charge is 0.249 e. The Morgan fingerprint density at radius 1 is 1.61 bits per heavy atom. The normalized spacial score (nSPS) is 21.3. The highest BCUT2D eigenvalue weighted by molar-refractivity contribution is 14.1. The summed E-state index contributed by atoms with van der Waals surface area (Å²) in [6.07, 6.45) is 0.766. The van der Waals surface area contributed by atoms with E-state index in [2.05, 4.69) is 32.9 Å². The Kier molecular flexibility index (Phi) is 2.97. The Bertz CT molecular complexity index is 573. The lowest BCUT2D eigenvalue weighted by atomic mass is 10.1. The van der Waals surface area contributed by atoms with Crippen LogP contribution in [0.2, 0.25) is 5.02 Å². The molecule has 3 rings (SSSR count). The molecule has 1 aromatic rings. The molecule has 0 radical (unpaired) electrons. The second-order valence-corrected chi connectivity index (χ2v) is 5.88. The van der Waals surface area contributed by atoms with Gasteiger partial charge in [-0.05, 0) is 41.1 Å². The van der Waals surface area contributed by atoms with Crippen molar-refractivity contribution in [2.75, 3.05) is 0 Å². The molecule has 2 aliphatic rings. The predicted molar refractivity (Wildman–Crippen MR) is 79.0 cm³/mol. The van der Waals surface area contributed by atoms with E-state index in [1.165, 1.54) is 0 Å². The zero-order chi connectivity index (χ0) is 12.9. The summed E-state index contributed by atoms with van der Waals surface area (Å²) >= 11 is 8.53. The molecule has 1 atom stereocenters. The van der Waals surface area contributed by atoms with Crippen LogP contribution in [0.3, 0.4) is 0 Å². The SMILES string of the molecule is CCC1C(=O)NC2=Nc3ccc(I)c(Cl)c3CN21. The summed E-state index contributed by atoms with van der Waals surface area (Å²) in [5.74, 6) is 0.673. The van der Waals surface area contributed by atoms with Crippen molar-refractivity contribution in [1.82, 2.24) is 10.2 Å². The molecule has 18 heavy (non-hydrogen) atoms. The van der Waals surface area contributed by atoms with Gasteiger partial charge >= 0.3 is 0 Å². The topological polar surface area (TPSA) is 44.7 Å². The average molecular weight is 376 g/mol. The van der Waals surface area contributed by atoms with Crippen molar-refractivity contribution in [1.29, 1.82) is 0 Å². The van der Waals surface area contributed by atoms with Crippen LogP contribution in [0.15, 0.2) is 17.1 Å². The fourth-order valence-electron chi connectivity index (χ4n) is 2.36. The van der Waals surface area contributed by atoms with Crippen molar-refractivity contribution in [3.63, 3.8) is 0 Å². The first-order chi connectivity index (χ1) is 8.61. The summed E-state index contributed by atoms with van der Waals surface area (Å²) in [4.78, 5) is 18.3. The summed E-state index contributed by atoms with van der Waals surface area (Å²) in [5, 5.41) is 3.56. The zero-order valence-electron chi connectivity index (χ0n) is 9.70. The van der Waals surface area contributed by atoms with Crippen LogP contribution in [0.25, 0.3) is 0 Å². The summed E-state index contributed by atoms with van der Waals surface area (Å²) in [7, 11) is 0. The van der Waals surface area contributed by atoms with E-state index >= 15 is 0 Å². The van der Waals surface area contributed by atoms with E-state index in [0.29, 0.717) is 12.5 Å². The highest BCUT2D eigenvalue weighted by atomic mass is 127. The molecule has 1 aromatic carbocycles. The molecule has 94 valence electrons. The van der Waals surface area contributed by atoms with E-state index in [0.717, 1.165) is 26.3 Å². The van der Waals surface area contributed by atoms with Gasteiger partial charge in [0.1, 0.15) is 6.04 Å². The molecule has 1 N–H and O–H groups in total. The van der Waals surface area contributed by atoms with Crippen molar-refractivity contribution in [2.24, 2.45) is 4.99 Å². The largest absolute Gasteiger partial charge is 0.326 e. The fourth-order valence-corrected chi connectivity index (χ4v) is 3.08. The molecule has 2 heterocycles. The first-order valence-electron chi connectivity index (χ1n) is 5.75. The van der Waals surface area contributed by atoms with Crippen LogP contribution in [-0.4, -0.2) is 22.8 Å². The molecule has 0 aromatic heterocycles. The Labute approximate surface area is 124 Å². The minimum atomic E-state index is -0.133. The van der Waals surface area contributed by atoms with Crippen LogP contribution in [0.1, 0.15) is 18.9 Å². The number of aliphatic imine (C=N–C) groups is 1. The maximum Gasteiger partial charge on any atom is 0.249 e. The first-order valence-corrected chi connectivity index (χ1v) is 7.20. The Morgan fingerprint density at radius 3 is 3.11 bits per heavy atom. The van der Waals surface area contributed by atoms with Gasteiger partial charge in [-0.15, -0.1) is 0 Å². The van der Waals surface area contributed by atoms with E-state index in [1.54, 1.807) is 0 Å². The van der Waals surface area contributed by atoms with Crippen molar-refractivity contribution in [3.8, 4) is 0 Å². The molecular weight excluding hydrogens is 365 g/mol. The second kappa shape index (κ2) is 4.38. The Morgan fingerprint density at radius 2 is 2.39 bits per heavy atom. The quantitative estimate of drug-likeness (QED) is 0.767. The Balaban J connectivity index is 2.08. The number of hydrogen-bond acceptors (Lipinski definition) is 3. The monoisotopic (exact) mass is 375 g/mol. The number of hydrogen-bond donors (Lipinski definition) is 1.